The molecule has 0 aliphatic heterocycles. The van der Waals surface area contributed by atoms with Gasteiger partial charge < -0.3 is 10.6 Å². The molecule has 0 atom stereocenters. The fourth-order valence-electron chi connectivity index (χ4n) is 1.75. The number of hydrogen-bond donors (Lipinski definition) is 2. The van der Waals surface area contributed by atoms with Crippen molar-refractivity contribution in [2.75, 3.05) is 19.6 Å². The fourth-order valence-corrected chi connectivity index (χ4v) is 2.58. The predicted molar refractivity (Wildman–Crippen MR) is 83.0 cm³/mol. The summed E-state index contributed by atoms with van der Waals surface area (Å²) in [7, 11) is 0. The fraction of sp³-hybridized carbons (Fsp3) is 0.333. The highest BCUT2D eigenvalue weighted by atomic mass is 32.1. The highest BCUT2D eigenvalue weighted by Crippen LogP contribution is 2.24. The molecular formula is C15H19N3OS. The van der Waals surface area contributed by atoms with Gasteiger partial charge in [0.2, 0.25) is 0 Å². The van der Waals surface area contributed by atoms with E-state index in [1.54, 1.807) is 6.20 Å². The van der Waals surface area contributed by atoms with Gasteiger partial charge in [-0.15, -0.1) is 11.3 Å². The minimum atomic E-state index is -0.0528. The van der Waals surface area contributed by atoms with Crippen LogP contribution in [0.2, 0.25) is 0 Å². The second-order valence-corrected chi connectivity index (χ2v) is 5.43. The van der Waals surface area contributed by atoms with Gasteiger partial charge in [-0.2, -0.15) is 0 Å². The van der Waals surface area contributed by atoms with Crippen LogP contribution in [-0.2, 0) is 0 Å². The lowest BCUT2D eigenvalue weighted by molar-refractivity contribution is 0.0958. The van der Waals surface area contributed by atoms with Crippen LogP contribution in [-0.4, -0.2) is 30.5 Å². The molecule has 1 aromatic heterocycles. The van der Waals surface area contributed by atoms with Gasteiger partial charge in [-0.25, -0.2) is 4.98 Å². The Morgan fingerprint density at radius 1 is 1.20 bits per heavy atom. The monoisotopic (exact) mass is 289 g/mol. The Labute approximate surface area is 123 Å². The van der Waals surface area contributed by atoms with Crippen molar-refractivity contribution in [1.82, 2.24) is 15.6 Å². The first kappa shape index (κ1) is 14.7. The summed E-state index contributed by atoms with van der Waals surface area (Å²) in [6.45, 7) is 4.53. The molecule has 2 rings (SSSR count). The second kappa shape index (κ2) is 7.77. The molecule has 0 unspecified atom stereocenters. The van der Waals surface area contributed by atoms with E-state index >= 15 is 0 Å². The average Bonchev–Trinajstić information content (AvgIpc) is 2.98. The highest BCUT2D eigenvalue weighted by molar-refractivity contribution is 7.16. The molecule has 20 heavy (non-hydrogen) atoms. The zero-order valence-corrected chi connectivity index (χ0v) is 12.4. The number of carbonyl (C=O) groups is 1. The van der Waals surface area contributed by atoms with Crippen LogP contribution in [0.15, 0.2) is 36.5 Å². The number of rotatable bonds is 7. The molecule has 0 fully saturated rings. The van der Waals surface area contributed by atoms with Gasteiger partial charge >= 0.3 is 0 Å². The Bertz CT molecular complexity index is 539. The number of benzene rings is 1. The normalized spacial score (nSPS) is 10.4. The van der Waals surface area contributed by atoms with Crippen LogP contribution < -0.4 is 10.6 Å². The zero-order chi connectivity index (χ0) is 14.2. The number of aromatic nitrogens is 1. The lowest BCUT2D eigenvalue weighted by atomic mass is 10.2. The maximum Gasteiger partial charge on any atom is 0.263 e. The number of amides is 1. The van der Waals surface area contributed by atoms with E-state index in [0.717, 1.165) is 30.1 Å². The lowest BCUT2D eigenvalue weighted by Gasteiger charge is -2.04. The van der Waals surface area contributed by atoms with Crippen molar-refractivity contribution in [1.29, 1.82) is 0 Å². The number of hydrogen-bond acceptors (Lipinski definition) is 4. The van der Waals surface area contributed by atoms with Gasteiger partial charge in [0.15, 0.2) is 0 Å². The molecule has 0 radical (unpaired) electrons. The SMILES string of the molecule is CCCNCCNC(=O)c1cnc(-c2ccccc2)s1. The third-order valence-corrected chi connectivity index (χ3v) is 3.81. The van der Waals surface area contributed by atoms with Crippen LogP contribution in [0.25, 0.3) is 10.6 Å². The molecule has 2 aromatic rings. The Kier molecular flexibility index (Phi) is 5.70. The summed E-state index contributed by atoms with van der Waals surface area (Å²) < 4.78 is 0. The highest BCUT2D eigenvalue weighted by Gasteiger charge is 2.10. The van der Waals surface area contributed by atoms with Crippen molar-refractivity contribution in [3.63, 3.8) is 0 Å². The Hall–Kier alpha value is -1.72. The lowest BCUT2D eigenvalue weighted by Crippen LogP contribution is -2.31. The van der Waals surface area contributed by atoms with E-state index in [1.807, 2.05) is 30.3 Å². The minimum absolute atomic E-state index is 0.0528. The maximum atomic E-state index is 12.0. The summed E-state index contributed by atoms with van der Waals surface area (Å²) in [6.07, 6.45) is 2.74. The Morgan fingerprint density at radius 3 is 2.75 bits per heavy atom. The zero-order valence-electron chi connectivity index (χ0n) is 11.6. The molecule has 1 aromatic carbocycles. The van der Waals surface area contributed by atoms with Gasteiger partial charge in [-0.05, 0) is 13.0 Å². The van der Waals surface area contributed by atoms with Gasteiger partial charge in [-0.3, -0.25) is 4.79 Å². The third kappa shape index (κ3) is 4.15. The maximum absolute atomic E-state index is 12.0. The molecule has 0 saturated carbocycles. The van der Waals surface area contributed by atoms with Crippen LogP contribution in [0.5, 0.6) is 0 Å². The van der Waals surface area contributed by atoms with Crippen molar-refractivity contribution in [3.8, 4) is 10.6 Å². The number of nitrogens with one attached hydrogen (secondary N) is 2. The van der Waals surface area contributed by atoms with Gasteiger partial charge in [-0.1, -0.05) is 37.3 Å². The molecular weight excluding hydrogens is 270 g/mol. The summed E-state index contributed by atoms with van der Waals surface area (Å²) >= 11 is 1.42. The summed E-state index contributed by atoms with van der Waals surface area (Å²) in [4.78, 5) is 16.9. The molecule has 0 saturated heterocycles. The van der Waals surface area contributed by atoms with Gasteiger partial charge in [0, 0.05) is 18.7 Å². The largest absolute Gasteiger partial charge is 0.350 e. The van der Waals surface area contributed by atoms with E-state index in [-0.39, 0.29) is 5.91 Å². The van der Waals surface area contributed by atoms with Crippen molar-refractivity contribution < 1.29 is 4.79 Å². The van der Waals surface area contributed by atoms with Crippen molar-refractivity contribution in [2.24, 2.45) is 0 Å². The van der Waals surface area contributed by atoms with E-state index in [2.05, 4.69) is 22.5 Å². The summed E-state index contributed by atoms with van der Waals surface area (Å²) in [5, 5.41) is 7.01. The van der Waals surface area contributed by atoms with Crippen LogP contribution in [0.1, 0.15) is 23.0 Å². The standard InChI is InChI=1S/C15H19N3OS/c1-2-8-16-9-10-17-14(19)13-11-18-15(20-13)12-6-4-3-5-7-12/h3-7,11,16H,2,8-10H2,1H3,(H,17,19). The number of thiazole rings is 1. The third-order valence-electron chi connectivity index (χ3n) is 2.76. The van der Waals surface area contributed by atoms with Crippen molar-refractivity contribution in [2.45, 2.75) is 13.3 Å². The first-order valence-corrected chi connectivity index (χ1v) is 7.63. The second-order valence-electron chi connectivity index (χ2n) is 4.40. The van der Waals surface area contributed by atoms with Crippen LogP contribution in [0.4, 0.5) is 0 Å². The predicted octanol–water partition coefficient (Wildman–Crippen LogP) is 2.54. The van der Waals surface area contributed by atoms with Crippen LogP contribution in [0, 0.1) is 0 Å². The van der Waals surface area contributed by atoms with Gasteiger partial charge in [0.1, 0.15) is 9.88 Å². The Morgan fingerprint density at radius 2 is 2.00 bits per heavy atom. The first-order chi connectivity index (χ1) is 9.81. The van der Waals surface area contributed by atoms with Gasteiger partial charge in [0.05, 0.1) is 6.20 Å². The van der Waals surface area contributed by atoms with E-state index in [4.69, 9.17) is 0 Å². The summed E-state index contributed by atoms with van der Waals surface area (Å²) in [5.74, 6) is -0.0528. The average molecular weight is 289 g/mol. The molecule has 4 nitrogen and oxygen atoms in total. The topological polar surface area (TPSA) is 54.0 Å². The molecule has 2 N–H and O–H groups in total. The van der Waals surface area contributed by atoms with Crippen molar-refractivity contribution >= 4 is 17.2 Å². The van der Waals surface area contributed by atoms with Crippen molar-refractivity contribution in [3.05, 3.63) is 41.4 Å². The van der Waals surface area contributed by atoms with E-state index in [1.165, 1.54) is 11.3 Å². The smallest absolute Gasteiger partial charge is 0.263 e. The van der Waals surface area contributed by atoms with E-state index in [0.29, 0.717) is 11.4 Å². The molecule has 0 bridgehead atoms. The van der Waals surface area contributed by atoms with Gasteiger partial charge in [0.25, 0.3) is 5.91 Å². The quantitative estimate of drug-likeness (QED) is 0.770. The number of carbonyl (C=O) groups excluding carboxylic acids is 1. The molecule has 1 heterocycles. The van der Waals surface area contributed by atoms with Crippen LogP contribution in [0.3, 0.4) is 0 Å². The molecule has 5 heteroatoms. The van der Waals surface area contributed by atoms with E-state index in [9.17, 15) is 4.79 Å². The molecule has 1 amide bonds. The molecule has 106 valence electrons. The molecule has 0 spiro atoms. The molecule has 0 aliphatic carbocycles. The van der Waals surface area contributed by atoms with E-state index < -0.39 is 0 Å². The van der Waals surface area contributed by atoms with Crippen LogP contribution >= 0.6 is 11.3 Å². The first-order valence-electron chi connectivity index (χ1n) is 6.81. The summed E-state index contributed by atoms with van der Waals surface area (Å²) in [5.41, 5.74) is 1.04. The minimum Gasteiger partial charge on any atom is -0.350 e. The summed E-state index contributed by atoms with van der Waals surface area (Å²) in [6, 6.07) is 9.89. The Balaban J connectivity index is 1.87. The molecule has 0 aliphatic rings. The number of nitrogens with zero attached hydrogens (tertiary/aromatic N) is 1.